The molecular formula is C10H10F3N3O. The molecule has 0 radical (unpaired) electrons. The average molecular weight is 245 g/mol. The molecule has 0 aromatic carbocycles. The summed E-state index contributed by atoms with van der Waals surface area (Å²) >= 11 is 0. The van der Waals surface area contributed by atoms with E-state index < -0.39 is 18.8 Å². The van der Waals surface area contributed by atoms with Crippen LogP contribution in [0.3, 0.4) is 0 Å². The molecule has 17 heavy (non-hydrogen) atoms. The monoisotopic (exact) mass is 245 g/mol. The van der Waals surface area contributed by atoms with Gasteiger partial charge in [0, 0.05) is 6.20 Å². The van der Waals surface area contributed by atoms with Gasteiger partial charge in [0.25, 0.3) is 0 Å². The van der Waals surface area contributed by atoms with Crippen LogP contribution >= 0.6 is 0 Å². The van der Waals surface area contributed by atoms with Gasteiger partial charge < -0.3 is 10.4 Å². The van der Waals surface area contributed by atoms with Crippen molar-refractivity contribution < 1.29 is 18.3 Å². The fourth-order valence-electron chi connectivity index (χ4n) is 1.14. The topological polar surface area (TPSA) is 68.9 Å². The number of aliphatic hydroxyl groups is 1. The number of nitrogens with zero attached hydrogens (tertiary/aromatic N) is 2. The molecule has 1 aromatic rings. The second kappa shape index (κ2) is 5.01. The molecule has 0 aliphatic heterocycles. The van der Waals surface area contributed by atoms with E-state index in [1.54, 1.807) is 13.0 Å². The Morgan fingerprint density at radius 3 is 2.76 bits per heavy atom. The molecule has 0 saturated heterocycles. The molecule has 0 saturated carbocycles. The van der Waals surface area contributed by atoms with Gasteiger partial charge in [0.1, 0.15) is 11.9 Å². The lowest BCUT2D eigenvalue weighted by Gasteiger charge is -2.16. The van der Waals surface area contributed by atoms with Crippen molar-refractivity contribution in [1.82, 2.24) is 4.98 Å². The highest BCUT2D eigenvalue weighted by Gasteiger charge is 2.38. The smallest absolute Gasteiger partial charge is 0.382 e. The number of halogens is 3. The summed E-state index contributed by atoms with van der Waals surface area (Å²) in [6.07, 6.45) is -5.81. The molecule has 1 atom stereocenters. The van der Waals surface area contributed by atoms with E-state index in [4.69, 9.17) is 10.4 Å². The Hall–Kier alpha value is -1.81. The SMILES string of the molecule is Cc1ccnc(NCC(O)C(F)(F)F)c1C#N. The summed E-state index contributed by atoms with van der Waals surface area (Å²) in [7, 11) is 0. The molecule has 2 N–H and O–H groups in total. The number of hydrogen-bond donors (Lipinski definition) is 2. The number of aryl methyl sites for hydroxylation is 1. The number of rotatable bonds is 3. The molecule has 1 heterocycles. The maximum absolute atomic E-state index is 12.0. The van der Waals surface area contributed by atoms with Crippen LogP contribution in [-0.2, 0) is 0 Å². The summed E-state index contributed by atoms with van der Waals surface area (Å²) in [4.78, 5) is 3.75. The summed E-state index contributed by atoms with van der Waals surface area (Å²) in [5.41, 5.74) is 0.772. The predicted octanol–water partition coefficient (Wildman–Crippen LogP) is 1.60. The molecule has 0 amide bonds. The van der Waals surface area contributed by atoms with Crippen LogP contribution in [0.4, 0.5) is 19.0 Å². The maximum atomic E-state index is 12.0. The van der Waals surface area contributed by atoms with E-state index in [0.717, 1.165) is 0 Å². The summed E-state index contributed by atoms with van der Waals surface area (Å²) in [6.45, 7) is 0.903. The van der Waals surface area contributed by atoms with Gasteiger partial charge in [-0.25, -0.2) is 4.98 Å². The van der Waals surface area contributed by atoms with E-state index in [-0.39, 0.29) is 11.4 Å². The lowest BCUT2D eigenvalue weighted by atomic mass is 10.1. The molecule has 1 aromatic heterocycles. The number of aliphatic hydroxyl groups excluding tert-OH is 1. The van der Waals surface area contributed by atoms with Crippen molar-refractivity contribution in [2.75, 3.05) is 11.9 Å². The first kappa shape index (κ1) is 13.3. The van der Waals surface area contributed by atoms with Crippen LogP contribution < -0.4 is 5.32 Å². The zero-order valence-corrected chi connectivity index (χ0v) is 8.91. The number of aromatic nitrogens is 1. The minimum atomic E-state index is -4.69. The summed E-state index contributed by atoms with van der Waals surface area (Å²) in [6, 6.07) is 3.41. The summed E-state index contributed by atoms with van der Waals surface area (Å²) < 4.78 is 36.1. The summed E-state index contributed by atoms with van der Waals surface area (Å²) in [5.74, 6) is 0.0378. The second-order valence-electron chi connectivity index (χ2n) is 3.40. The zero-order chi connectivity index (χ0) is 13.1. The molecule has 1 rings (SSSR count). The Labute approximate surface area is 95.7 Å². The number of nitriles is 1. The van der Waals surface area contributed by atoms with E-state index in [1.165, 1.54) is 6.20 Å². The fourth-order valence-corrected chi connectivity index (χ4v) is 1.14. The second-order valence-corrected chi connectivity index (χ2v) is 3.40. The van der Waals surface area contributed by atoms with Gasteiger partial charge in [0.15, 0.2) is 6.10 Å². The van der Waals surface area contributed by atoms with Crippen molar-refractivity contribution >= 4 is 5.82 Å². The minimum absolute atomic E-state index is 0.0378. The Bertz CT molecular complexity index is 439. The third kappa shape index (κ3) is 3.32. The van der Waals surface area contributed by atoms with Crippen molar-refractivity contribution in [3.05, 3.63) is 23.4 Å². The third-order valence-corrected chi connectivity index (χ3v) is 2.11. The molecule has 92 valence electrons. The number of nitrogens with one attached hydrogen (secondary N) is 1. The molecule has 0 spiro atoms. The van der Waals surface area contributed by atoms with Gasteiger partial charge in [-0.05, 0) is 18.6 Å². The Balaban J connectivity index is 2.78. The molecule has 0 fully saturated rings. The first-order chi connectivity index (χ1) is 7.86. The van der Waals surface area contributed by atoms with Crippen molar-refractivity contribution in [3.8, 4) is 6.07 Å². The van der Waals surface area contributed by atoms with Crippen molar-refractivity contribution in [1.29, 1.82) is 5.26 Å². The Kier molecular flexibility index (Phi) is 3.91. The Morgan fingerprint density at radius 2 is 2.24 bits per heavy atom. The van der Waals surface area contributed by atoms with E-state index in [0.29, 0.717) is 5.56 Å². The van der Waals surface area contributed by atoms with Crippen LogP contribution in [-0.4, -0.2) is 28.9 Å². The van der Waals surface area contributed by atoms with Crippen LogP contribution in [0.2, 0.25) is 0 Å². The quantitative estimate of drug-likeness (QED) is 0.848. The maximum Gasteiger partial charge on any atom is 0.416 e. The van der Waals surface area contributed by atoms with Gasteiger partial charge in [-0.2, -0.15) is 18.4 Å². The first-order valence-electron chi connectivity index (χ1n) is 4.70. The van der Waals surface area contributed by atoms with Gasteiger partial charge in [-0.15, -0.1) is 0 Å². The third-order valence-electron chi connectivity index (χ3n) is 2.11. The Morgan fingerprint density at radius 1 is 1.59 bits per heavy atom. The summed E-state index contributed by atoms with van der Waals surface area (Å²) in [5, 5.41) is 19.9. The first-order valence-corrected chi connectivity index (χ1v) is 4.70. The highest BCUT2D eigenvalue weighted by Crippen LogP contribution is 2.21. The average Bonchev–Trinajstić information content (AvgIpc) is 2.24. The van der Waals surface area contributed by atoms with Gasteiger partial charge in [0.2, 0.25) is 0 Å². The van der Waals surface area contributed by atoms with Crippen molar-refractivity contribution in [2.24, 2.45) is 0 Å². The van der Waals surface area contributed by atoms with Crippen molar-refractivity contribution in [3.63, 3.8) is 0 Å². The minimum Gasteiger partial charge on any atom is -0.382 e. The normalized spacial score (nSPS) is 12.9. The van der Waals surface area contributed by atoms with Gasteiger partial charge in [-0.1, -0.05) is 0 Å². The van der Waals surface area contributed by atoms with Crippen molar-refractivity contribution in [2.45, 2.75) is 19.2 Å². The van der Waals surface area contributed by atoms with E-state index in [9.17, 15) is 13.2 Å². The molecule has 7 heteroatoms. The lowest BCUT2D eigenvalue weighted by Crippen LogP contribution is -2.35. The van der Waals surface area contributed by atoms with Crippen LogP contribution in [0, 0.1) is 18.3 Å². The largest absolute Gasteiger partial charge is 0.416 e. The number of hydrogen-bond acceptors (Lipinski definition) is 4. The van der Waals surface area contributed by atoms with E-state index >= 15 is 0 Å². The highest BCUT2D eigenvalue weighted by atomic mass is 19.4. The van der Waals surface area contributed by atoms with Crippen LogP contribution in [0.15, 0.2) is 12.3 Å². The van der Waals surface area contributed by atoms with Crippen LogP contribution in [0.5, 0.6) is 0 Å². The van der Waals surface area contributed by atoms with E-state index in [1.807, 2.05) is 6.07 Å². The molecule has 0 aliphatic carbocycles. The lowest BCUT2D eigenvalue weighted by molar-refractivity contribution is -0.198. The zero-order valence-electron chi connectivity index (χ0n) is 8.91. The van der Waals surface area contributed by atoms with Gasteiger partial charge in [0.05, 0.1) is 12.1 Å². The fraction of sp³-hybridized carbons (Fsp3) is 0.400. The highest BCUT2D eigenvalue weighted by molar-refractivity contribution is 5.55. The molecule has 0 bridgehead atoms. The number of pyridine rings is 1. The standard InChI is InChI=1S/C10H10F3N3O/c1-6-2-3-15-9(7(6)4-14)16-5-8(17)10(11,12)13/h2-3,8,17H,5H2,1H3,(H,15,16). The molecule has 4 nitrogen and oxygen atoms in total. The number of anilines is 1. The molecular weight excluding hydrogens is 235 g/mol. The molecule has 0 aliphatic rings. The van der Waals surface area contributed by atoms with E-state index in [2.05, 4.69) is 10.3 Å². The van der Waals surface area contributed by atoms with Gasteiger partial charge >= 0.3 is 6.18 Å². The van der Waals surface area contributed by atoms with Crippen LogP contribution in [0.1, 0.15) is 11.1 Å². The number of alkyl halides is 3. The molecule has 1 unspecified atom stereocenters. The van der Waals surface area contributed by atoms with Crippen LogP contribution in [0.25, 0.3) is 0 Å². The predicted molar refractivity (Wildman–Crippen MR) is 54.2 cm³/mol. The van der Waals surface area contributed by atoms with Gasteiger partial charge in [-0.3, -0.25) is 0 Å².